The van der Waals surface area contributed by atoms with Crippen LogP contribution in [-0.4, -0.2) is 22.9 Å². The van der Waals surface area contributed by atoms with Gasteiger partial charge >= 0.3 is 0 Å². The molecule has 2 aromatic rings. The molecule has 0 aliphatic carbocycles. The lowest BCUT2D eigenvalue weighted by Gasteiger charge is -2.15. The molecule has 1 unspecified atom stereocenters. The van der Waals surface area contributed by atoms with Crippen LogP contribution < -0.4 is 5.32 Å². The van der Waals surface area contributed by atoms with Crippen molar-refractivity contribution in [1.29, 1.82) is 0 Å². The average Bonchev–Trinajstić information content (AvgIpc) is 3.01. The third kappa shape index (κ3) is 3.95. The second kappa shape index (κ2) is 7.23. The van der Waals surface area contributed by atoms with E-state index in [9.17, 15) is 0 Å². The predicted molar refractivity (Wildman–Crippen MR) is 91.3 cm³/mol. The summed E-state index contributed by atoms with van der Waals surface area (Å²) in [6.07, 6.45) is 4.52. The van der Waals surface area contributed by atoms with Crippen LogP contribution in [0.2, 0.25) is 0 Å². The minimum atomic E-state index is 0.535. The van der Waals surface area contributed by atoms with E-state index in [1.165, 1.54) is 26.7 Å². The maximum absolute atomic E-state index is 4.51. The summed E-state index contributed by atoms with van der Waals surface area (Å²) in [5.74, 6) is 0. The summed E-state index contributed by atoms with van der Waals surface area (Å²) in [5.41, 5.74) is 3.89. The van der Waals surface area contributed by atoms with E-state index in [0.717, 1.165) is 25.7 Å². The Morgan fingerprint density at radius 1 is 1.29 bits per heavy atom. The SMILES string of the molecule is CCc1ccc(CC(CCc2c(C)nn(C)c2C)NC)s1. The van der Waals surface area contributed by atoms with E-state index < -0.39 is 0 Å². The smallest absolute Gasteiger partial charge is 0.0628 e. The van der Waals surface area contributed by atoms with Crippen molar-refractivity contribution in [2.45, 2.75) is 52.5 Å². The molecular formula is C17H27N3S. The van der Waals surface area contributed by atoms with E-state index in [-0.39, 0.29) is 0 Å². The molecule has 0 aromatic carbocycles. The summed E-state index contributed by atoms with van der Waals surface area (Å²) >= 11 is 1.95. The fourth-order valence-corrected chi connectivity index (χ4v) is 3.85. The fraction of sp³-hybridized carbons (Fsp3) is 0.588. The molecule has 1 atom stereocenters. The molecule has 0 saturated carbocycles. The van der Waals surface area contributed by atoms with Crippen molar-refractivity contribution in [3.63, 3.8) is 0 Å². The highest BCUT2D eigenvalue weighted by atomic mass is 32.1. The summed E-state index contributed by atoms with van der Waals surface area (Å²) in [7, 11) is 4.10. The highest BCUT2D eigenvalue weighted by Crippen LogP contribution is 2.21. The van der Waals surface area contributed by atoms with Gasteiger partial charge in [0.25, 0.3) is 0 Å². The maximum atomic E-state index is 4.51. The number of likely N-dealkylation sites (N-methyl/N-ethyl adjacent to an activating group) is 1. The molecule has 21 heavy (non-hydrogen) atoms. The van der Waals surface area contributed by atoms with Crippen LogP contribution in [0, 0.1) is 13.8 Å². The van der Waals surface area contributed by atoms with Crippen LogP contribution in [0.4, 0.5) is 0 Å². The summed E-state index contributed by atoms with van der Waals surface area (Å²) in [5, 5.41) is 7.98. The summed E-state index contributed by atoms with van der Waals surface area (Å²) in [4.78, 5) is 2.98. The van der Waals surface area contributed by atoms with Gasteiger partial charge < -0.3 is 5.32 Å². The number of rotatable bonds is 7. The highest BCUT2D eigenvalue weighted by Gasteiger charge is 2.13. The van der Waals surface area contributed by atoms with Gasteiger partial charge in [-0.1, -0.05) is 6.92 Å². The second-order valence-corrected chi connectivity index (χ2v) is 6.98. The van der Waals surface area contributed by atoms with Gasteiger partial charge in [-0.3, -0.25) is 4.68 Å². The number of nitrogens with one attached hydrogen (secondary N) is 1. The lowest BCUT2D eigenvalue weighted by atomic mass is 10.0. The first-order valence-corrected chi connectivity index (χ1v) is 8.60. The van der Waals surface area contributed by atoms with Crippen molar-refractivity contribution >= 4 is 11.3 Å². The monoisotopic (exact) mass is 305 g/mol. The maximum Gasteiger partial charge on any atom is 0.0628 e. The van der Waals surface area contributed by atoms with Crippen LogP contribution in [0.5, 0.6) is 0 Å². The van der Waals surface area contributed by atoms with E-state index in [1.54, 1.807) is 0 Å². The van der Waals surface area contributed by atoms with Gasteiger partial charge in [0.2, 0.25) is 0 Å². The zero-order valence-corrected chi connectivity index (χ0v) is 14.7. The molecule has 4 heteroatoms. The standard InChI is InChI=1S/C17H27N3S/c1-6-15-8-9-16(21-15)11-14(18-4)7-10-17-12(2)19-20(5)13(17)3/h8-9,14,18H,6-7,10-11H2,1-5H3. The van der Waals surface area contributed by atoms with Gasteiger partial charge in [-0.25, -0.2) is 0 Å². The third-order valence-corrected chi connectivity index (χ3v) is 5.58. The molecule has 0 bridgehead atoms. The van der Waals surface area contributed by atoms with E-state index >= 15 is 0 Å². The second-order valence-electron chi connectivity index (χ2n) is 5.72. The molecule has 1 N–H and O–H groups in total. The van der Waals surface area contributed by atoms with Crippen molar-refractivity contribution < 1.29 is 0 Å². The Kier molecular flexibility index (Phi) is 5.59. The molecule has 0 saturated heterocycles. The Morgan fingerprint density at radius 2 is 2.00 bits per heavy atom. The minimum Gasteiger partial charge on any atom is -0.317 e. The highest BCUT2D eigenvalue weighted by molar-refractivity contribution is 7.11. The first kappa shape index (κ1) is 16.2. The molecule has 0 amide bonds. The van der Waals surface area contributed by atoms with E-state index in [2.05, 4.69) is 50.4 Å². The summed E-state index contributed by atoms with van der Waals surface area (Å²) < 4.78 is 1.99. The number of aromatic nitrogens is 2. The van der Waals surface area contributed by atoms with Crippen LogP contribution in [0.25, 0.3) is 0 Å². The molecule has 2 rings (SSSR count). The van der Waals surface area contributed by atoms with Crippen LogP contribution in [-0.2, 0) is 26.3 Å². The molecule has 3 nitrogen and oxygen atoms in total. The third-order valence-electron chi connectivity index (χ3n) is 4.32. The van der Waals surface area contributed by atoms with Crippen LogP contribution in [0.1, 0.15) is 40.1 Å². The summed E-state index contributed by atoms with van der Waals surface area (Å²) in [6, 6.07) is 5.09. The van der Waals surface area contributed by atoms with E-state index in [1.807, 2.05) is 23.1 Å². The molecule has 0 spiro atoms. The van der Waals surface area contributed by atoms with Crippen LogP contribution >= 0.6 is 11.3 Å². The number of aryl methyl sites for hydroxylation is 3. The topological polar surface area (TPSA) is 29.9 Å². The Hall–Kier alpha value is -1.13. The van der Waals surface area contributed by atoms with Gasteiger partial charge in [-0.15, -0.1) is 11.3 Å². The Bertz CT molecular complexity index is 583. The van der Waals surface area contributed by atoms with Crippen molar-refractivity contribution in [2.75, 3.05) is 7.05 Å². The van der Waals surface area contributed by atoms with Gasteiger partial charge in [-0.2, -0.15) is 5.10 Å². The lowest BCUT2D eigenvalue weighted by molar-refractivity contribution is 0.522. The van der Waals surface area contributed by atoms with Crippen molar-refractivity contribution in [2.24, 2.45) is 7.05 Å². The zero-order chi connectivity index (χ0) is 15.4. The molecule has 0 aliphatic rings. The van der Waals surface area contributed by atoms with Crippen molar-refractivity contribution in [3.05, 3.63) is 38.8 Å². The van der Waals surface area contributed by atoms with E-state index in [4.69, 9.17) is 0 Å². The van der Waals surface area contributed by atoms with Gasteiger partial charge in [0.05, 0.1) is 5.69 Å². The quantitative estimate of drug-likeness (QED) is 0.849. The number of nitrogens with zero attached hydrogens (tertiary/aromatic N) is 2. The Balaban J connectivity index is 1.96. The molecule has 0 aliphatic heterocycles. The average molecular weight is 305 g/mol. The van der Waals surface area contributed by atoms with Gasteiger partial charge in [-0.05, 0) is 64.3 Å². The predicted octanol–water partition coefficient (Wildman–Crippen LogP) is 3.42. The number of thiophene rings is 1. The molecule has 2 heterocycles. The van der Waals surface area contributed by atoms with E-state index in [0.29, 0.717) is 6.04 Å². The minimum absolute atomic E-state index is 0.535. The first-order chi connectivity index (χ1) is 10.0. The molecule has 0 fully saturated rings. The van der Waals surface area contributed by atoms with Gasteiger partial charge in [0.15, 0.2) is 0 Å². The Morgan fingerprint density at radius 3 is 2.52 bits per heavy atom. The Labute approximate surface area is 132 Å². The van der Waals surface area contributed by atoms with Crippen molar-refractivity contribution in [3.8, 4) is 0 Å². The largest absolute Gasteiger partial charge is 0.317 e. The zero-order valence-electron chi connectivity index (χ0n) is 13.9. The van der Waals surface area contributed by atoms with Crippen LogP contribution in [0.15, 0.2) is 12.1 Å². The molecular weight excluding hydrogens is 278 g/mol. The molecule has 2 aromatic heterocycles. The fourth-order valence-electron chi connectivity index (χ4n) is 2.81. The van der Waals surface area contributed by atoms with Crippen LogP contribution in [0.3, 0.4) is 0 Å². The molecule has 0 radical (unpaired) electrons. The number of hydrogen-bond acceptors (Lipinski definition) is 3. The molecule has 116 valence electrons. The first-order valence-electron chi connectivity index (χ1n) is 7.79. The van der Waals surface area contributed by atoms with Crippen molar-refractivity contribution in [1.82, 2.24) is 15.1 Å². The van der Waals surface area contributed by atoms with Gasteiger partial charge in [0.1, 0.15) is 0 Å². The lowest BCUT2D eigenvalue weighted by Crippen LogP contribution is -2.27. The number of hydrogen-bond donors (Lipinski definition) is 1. The van der Waals surface area contributed by atoms with Gasteiger partial charge in [0, 0.05) is 28.5 Å². The normalized spacial score (nSPS) is 12.8. The summed E-state index contributed by atoms with van der Waals surface area (Å²) in [6.45, 7) is 6.50.